The van der Waals surface area contributed by atoms with Crippen molar-refractivity contribution in [2.45, 2.75) is 12.7 Å². The second kappa shape index (κ2) is 3.02. The van der Waals surface area contributed by atoms with Crippen molar-refractivity contribution < 1.29 is 18.7 Å². The molecule has 0 saturated heterocycles. The van der Waals surface area contributed by atoms with Crippen molar-refractivity contribution in [3.63, 3.8) is 0 Å². The first-order chi connectivity index (χ1) is 6.59. The average molecular weight is 203 g/mol. The number of fused-ring (bicyclic) bond motifs is 1. The molecule has 7 heteroatoms. The number of aliphatic hydroxyl groups is 1. The monoisotopic (exact) mass is 203 g/mol. The summed E-state index contributed by atoms with van der Waals surface area (Å²) in [6, 6.07) is 0.975. The molecule has 1 unspecified atom stereocenters. The van der Waals surface area contributed by atoms with Crippen LogP contribution in [-0.4, -0.2) is 27.3 Å². The maximum absolute atomic E-state index is 12.2. The number of halogens is 2. The molecule has 1 aromatic heterocycles. The second-order valence-corrected chi connectivity index (χ2v) is 2.89. The van der Waals surface area contributed by atoms with Gasteiger partial charge in [0.2, 0.25) is 0 Å². The molecule has 1 aromatic rings. The van der Waals surface area contributed by atoms with Crippen molar-refractivity contribution in [3.8, 4) is 0 Å². The van der Waals surface area contributed by atoms with E-state index in [0.717, 1.165) is 10.7 Å². The lowest BCUT2D eigenvalue weighted by Crippen LogP contribution is -2.39. The van der Waals surface area contributed by atoms with Crippen LogP contribution >= 0.6 is 0 Å². The maximum atomic E-state index is 12.2. The van der Waals surface area contributed by atoms with Crippen molar-refractivity contribution in [2.24, 2.45) is 0 Å². The minimum absolute atomic E-state index is 0.0177. The summed E-state index contributed by atoms with van der Waals surface area (Å²) in [4.78, 5) is 11.1. The molecule has 2 rings (SSSR count). The standard InChI is InChI=1S/C7H7F2N3O2/c8-6(9)3-1-4-7(14)10-2-5(13)12(4)11-3/h1,5-6,13H,2H2,(H,10,14). The molecule has 0 bridgehead atoms. The summed E-state index contributed by atoms with van der Waals surface area (Å²) in [5, 5.41) is 15.1. The second-order valence-electron chi connectivity index (χ2n) is 2.89. The molecule has 0 spiro atoms. The van der Waals surface area contributed by atoms with Crippen LogP contribution in [0, 0.1) is 0 Å². The largest absolute Gasteiger partial charge is 0.370 e. The van der Waals surface area contributed by atoms with Gasteiger partial charge in [-0.25, -0.2) is 13.5 Å². The highest BCUT2D eigenvalue weighted by atomic mass is 19.3. The van der Waals surface area contributed by atoms with Gasteiger partial charge in [-0.3, -0.25) is 4.79 Å². The number of hydrogen-bond donors (Lipinski definition) is 2. The van der Waals surface area contributed by atoms with Gasteiger partial charge in [-0.2, -0.15) is 5.10 Å². The quantitative estimate of drug-likeness (QED) is 0.677. The molecule has 2 N–H and O–H groups in total. The van der Waals surface area contributed by atoms with E-state index < -0.39 is 24.3 Å². The van der Waals surface area contributed by atoms with Gasteiger partial charge in [-0.05, 0) is 6.07 Å². The number of amides is 1. The van der Waals surface area contributed by atoms with Crippen molar-refractivity contribution in [2.75, 3.05) is 6.54 Å². The van der Waals surface area contributed by atoms with Gasteiger partial charge in [0.25, 0.3) is 12.3 Å². The van der Waals surface area contributed by atoms with Crippen LogP contribution in [0.4, 0.5) is 8.78 Å². The number of carbonyl (C=O) groups excluding carboxylic acids is 1. The van der Waals surface area contributed by atoms with Gasteiger partial charge in [-0.1, -0.05) is 0 Å². The van der Waals surface area contributed by atoms with Crippen LogP contribution in [0.2, 0.25) is 0 Å². The number of carbonyl (C=O) groups is 1. The van der Waals surface area contributed by atoms with E-state index in [9.17, 15) is 18.7 Å². The Morgan fingerprint density at radius 3 is 3.00 bits per heavy atom. The summed E-state index contributed by atoms with van der Waals surface area (Å²) >= 11 is 0. The average Bonchev–Trinajstić information content (AvgIpc) is 2.57. The molecule has 76 valence electrons. The highest BCUT2D eigenvalue weighted by Crippen LogP contribution is 2.21. The maximum Gasteiger partial charge on any atom is 0.282 e. The van der Waals surface area contributed by atoms with E-state index in [-0.39, 0.29) is 12.2 Å². The topological polar surface area (TPSA) is 67.2 Å². The van der Waals surface area contributed by atoms with Crippen molar-refractivity contribution >= 4 is 5.91 Å². The van der Waals surface area contributed by atoms with Crippen molar-refractivity contribution in [1.29, 1.82) is 0 Å². The van der Waals surface area contributed by atoms with Gasteiger partial charge in [0.15, 0.2) is 6.23 Å². The molecule has 0 aromatic carbocycles. The van der Waals surface area contributed by atoms with E-state index in [2.05, 4.69) is 10.4 Å². The first-order valence-electron chi connectivity index (χ1n) is 3.93. The minimum Gasteiger partial charge on any atom is -0.370 e. The number of alkyl halides is 2. The van der Waals surface area contributed by atoms with E-state index in [0.29, 0.717) is 0 Å². The van der Waals surface area contributed by atoms with Gasteiger partial charge in [0, 0.05) is 0 Å². The van der Waals surface area contributed by atoms with Gasteiger partial charge in [0.05, 0.1) is 6.54 Å². The number of aliphatic hydroxyl groups excluding tert-OH is 1. The third kappa shape index (κ3) is 1.25. The number of β-amino-alcohol motifs (C(OH)–C–C–N with tert-alkyl or cyclic N) is 1. The number of aromatic nitrogens is 2. The number of hydrogen-bond acceptors (Lipinski definition) is 3. The van der Waals surface area contributed by atoms with E-state index in [1.165, 1.54) is 0 Å². The summed E-state index contributed by atoms with van der Waals surface area (Å²) in [5.41, 5.74) is -0.546. The highest BCUT2D eigenvalue weighted by molar-refractivity contribution is 5.93. The van der Waals surface area contributed by atoms with Crippen molar-refractivity contribution in [1.82, 2.24) is 15.1 Å². The van der Waals surface area contributed by atoms with Crippen LogP contribution < -0.4 is 5.32 Å². The summed E-state index contributed by atoms with van der Waals surface area (Å²) in [6.07, 6.45) is -3.82. The zero-order valence-corrected chi connectivity index (χ0v) is 6.94. The van der Waals surface area contributed by atoms with E-state index >= 15 is 0 Å². The van der Waals surface area contributed by atoms with Crippen LogP contribution in [0.3, 0.4) is 0 Å². The van der Waals surface area contributed by atoms with Crippen molar-refractivity contribution in [3.05, 3.63) is 17.5 Å². The fourth-order valence-electron chi connectivity index (χ4n) is 1.28. The lowest BCUT2D eigenvalue weighted by Gasteiger charge is -2.19. The SMILES string of the molecule is O=C1NCC(O)n2nc(C(F)F)cc21. The Kier molecular flexibility index (Phi) is 1.95. The molecule has 1 aliphatic rings. The molecule has 1 aliphatic heterocycles. The molecular formula is C7H7F2N3O2. The number of nitrogens with one attached hydrogen (secondary N) is 1. The Morgan fingerprint density at radius 1 is 1.71 bits per heavy atom. The predicted octanol–water partition coefficient (Wildman–Crippen LogP) is 0.0550. The summed E-state index contributed by atoms with van der Waals surface area (Å²) in [5.74, 6) is -0.505. The summed E-state index contributed by atoms with van der Waals surface area (Å²) in [7, 11) is 0. The fraction of sp³-hybridized carbons (Fsp3) is 0.429. The Hall–Kier alpha value is -1.50. The van der Waals surface area contributed by atoms with Crippen LogP contribution in [-0.2, 0) is 0 Å². The Labute approximate surface area is 77.3 Å². The molecule has 1 atom stereocenters. The Bertz CT molecular complexity index is 377. The molecule has 14 heavy (non-hydrogen) atoms. The van der Waals surface area contributed by atoms with Crippen LogP contribution in [0.5, 0.6) is 0 Å². The van der Waals surface area contributed by atoms with Gasteiger partial charge < -0.3 is 10.4 Å². The molecule has 5 nitrogen and oxygen atoms in total. The molecule has 0 fully saturated rings. The summed E-state index contributed by atoms with van der Waals surface area (Å²) < 4.78 is 25.3. The lowest BCUT2D eigenvalue weighted by molar-refractivity contribution is 0.0578. The molecule has 0 saturated carbocycles. The lowest BCUT2D eigenvalue weighted by atomic mass is 10.3. The zero-order valence-electron chi connectivity index (χ0n) is 6.94. The first kappa shape index (κ1) is 9.07. The van der Waals surface area contributed by atoms with E-state index in [1.54, 1.807) is 0 Å². The van der Waals surface area contributed by atoms with Gasteiger partial charge in [0.1, 0.15) is 11.4 Å². The van der Waals surface area contributed by atoms with Crippen LogP contribution in [0.15, 0.2) is 6.07 Å². The van der Waals surface area contributed by atoms with Crippen LogP contribution in [0.25, 0.3) is 0 Å². The Morgan fingerprint density at radius 2 is 2.43 bits per heavy atom. The molecule has 0 radical (unpaired) electrons. The van der Waals surface area contributed by atoms with Gasteiger partial charge in [-0.15, -0.1) is 0 Å². The van der Waals surface area contributed by atoms with E-state index in [4.69, 9.17) is 0 Å². The fourth-order valence-corrected chi connectivity index (χ4v) is 1.28. The number of rotatable bonds is 1. The molecular weight excluding hydrogens is 196 g/mol. The number of nitrogens with zero attached hydrogens (tertiary/aromatic N) is 2. The van der Waals surface area contributed by atoms with Crippen LogP contribution in [0.1, 0.15) is 28.8 Å². The summed E-state index contributed by atoms with van der Waals surface area (Å²) in [6.45, 7) is -0.0177. The third-order valence-corrected chi connectivity index (χ3v) is 1.94. The van der Waals surface area contributed by atoms with Gasteiger partial charge >= 0.3 is 0 Å². The zero-order chi connectivity index (χ0) is 10.3. The Balaban J connectivity index is 2.47. The predicted molar refractivity (Wildman–Crippen MR) is 40.8 cm³/mol. The first-order valence-corrected chi connectivity index (χ1v) is 3.93. The van der Waals surface area contributed by atoms with E-state index in [1.807, 2.05) is 0 Å². The highest BCUT2D eigenvalue weighted by Gasteiger charge is 2.27. The smallest absolute Gasteiger partial charge is 0.282 e. The third-order valence-electron chi connectivity index (χ3n) is 1.94. The molecule has 2 heterocycles. The minimum atomic E-state index is -2.74. The normalized spacial score (nSPS) is 20.9. The molecule has 1 amide bonds. The molecule has 0 aliphatic carbocycles.